The van der Waals surface area contributed by atoms with Gasteiger partial charge in [0.15, 0.2) is 0 Å². The third kappa shape index (κ3) is 1.26. The Kier molecular flexibility index (Phi) is 2.10. The first-order valence-electron chi connectivity index (χ1n) is 7.26. The summed E-state index contributed by atoms with van der Waals surface area (Å²) < 4.78 is 0. The molecule has 1 N–H and O–H groups in total. The predicted molar refractivity (Wildman–Crippen MR) is 65.5 cm³/mol. The van der Waals surface area contributed by atoms with E-state index in [0.29, 0.717) is 24.9 Å². The van der Waals surface area contributed by atoms with E-state index >= 15 is 0 Å². The van der Waals surface area contributed by atoms with Gasteiger partial charge in [-0.15, -0.1) is 0 Å². The second-order valence-corrected chi connectivity index (χ2v) is 6.51. The number of hydrogen-bond acceptors (Lipinski definition) is 2. The SMILES string of the molecule is CC1C(=O)NCCN1C(=O)C1C2C3CCC(C3)C12. The van der Waals surface area contributed by atoms with Crippen LogP contribution in [0.15, 0.2) is 0 Å². The van der Waals surface area contributed by atoms with Gasteiger partial charge in [0.1, 0.15) is 6.04 Å². The highest BCUT2D eigenvalue weighted by atomic mass is 16.2. The monoisotopic (exact) mass is 248 g/mol. The molecule has 4 heteroatoms. The summed E-state index contributed by atoms with van der Waals surface area (Å²) in [6.07, 6.45) is 4.05. The summed E-state index contributed by atoms with van der Waals surface area (Å²) in [5, 5.41) is 2.82. The maximum atomic E-state index is 12.6. The molecule has 98 valence electrons. The quantitative estimate of drug-likeness (QED) is 0.740. The van der Waals surface area contributed by atoms with Gasteiger partial charge in [-0.2, -0.15) is 0 Å². The van der Waals surface area contributed by atoms with Gasteiger partial charge in [0.2, 0.25) is 11.8 Å². The molecule has 18 heavy (non-hydrogen) atoms. The number of rotatable bonds is 1. The Morgan fingerprint density at radius 3 is 2.61 bits per heavy atom. The minimum absolute atomic E-state index is 0.00313. The third-order valence-corrected chi connectivity index (χ3v) is 5.80. The van der Waals surface area contributed by atoms with Gasteiger partial charge < -0.3 is 10.2 Å². The van der Waals surface area contributed by atoms with Gasteiger partial charge >= 0.3 is 0 Å². The van der Waals surface area contributed by atoms with Crippen LogP contribution in [0.5, 0.6) is 0 Å². The molecule has 1 saturated heterocycles. The molecule has 3 aliphatic carbocycles. The van der Waals surface area contributed by atoms with E-state index in [9.17, 15) is 9.59 Å². The Hall–Kier alpha value is -1.06. The van der Waals surface area contributed by atoms with Gasteiger partial charge in [-0.25, -0.2) is 0 Å². The first kappa shape index (κ1) is 10.8. The Balaban J connectivity index is 1.50. The molecule has 5 unspecified atom stereocenters. The molecule has 5 atom stereocenters. The molecule has 0 spiro atoms. The molecule has 1 heterocycles. The minimum atomic E-state index is -0.273. The van der Waals surface area contributed by atoms with E-state index in [1.54, 1.807) is 0 Å². The Morgan fingerprint density at radius 1 is 1.28 bits per heavy atom. The van der Waals surface area contributed by atoms with Crippen LogP contribution in [0, 0.1) is 29.6 Å². The van der Waals surface area contributed by atoms with Crippen molar-refractivity contribution in [1.29, 1.82) is 0 Å². The highest BCUT2D eigenvalue weighted by Gasteiger charge is 2.68. The second-order valence-electron chi connectivity index (χ2n) is 6.51. The van der Waals surface area contributed by atoms with Crippen molar-refractivity contribution in [2.24, 2.45) is 29.6 Å². The molecule has 0 aromatic rings. The van der Waals surface area contributed by atoms with Gasteiger partial charge in [-0.05, 0) is 49.9 Å². The topological polar surface area (TPSA) is 49.4 Å². The van der Waals surface area contributed by atoms with Crippen LogP contribution < -0.4 is 5.32 Å². The fraction of sp³-hybridized carbons (Fsp3) is 0.857. The van der Waals surface area contributed by atoms with E-state index in [4.69, 9.17) is 0 Å². The maximum Gasteiger partial charge on any atom is 0.242 e. The van der Waals surface area contributed by atoms with Crippen LogP contribution in [0.25, 0.3) is 0 Å². The zero-order valence-corrected chi connectivity index (χ0v) is 10.8. The Labute approximate surface area is 107 Å². The molecule has 4 aliphatic rings. The van der Waals surface area contributed by atoms with Crippen molar-refractivity contribution in [3.05, 3.63) is 0 Å². The number of nitrogens with zero attached hydrogens (tertiary/aromatic N) is 1. The smallest absolute Gasteiger partial charge is 0.242 e. The Bertz CT molecular complexity index is 406. The standard InChI is InChI=1S/C14H20N2O2/c1-7-13(17)15-4-5-16(7)14(18)12-10-8-2-3-9(6-8)11(10)12/h7-12H,2-6H2,1H3,(H,15,17). The number of piperazine rings is 1. The van der Waals surface area contributed by atoms with Crippen molar-refractivity contribution in [2.45, 2.75) is 32.2 Å². The summed E-state index contributed by atoms with van der Waals surface area (Å²) in [6, 6.07) is -0.273. The van der Waals surface area contributed by atoms with Crippen molar-refractivity contribution in [3.63, 3.8) is 0 Å². The molecule has 2 bridgehead atoms. The number of carbonyl (C=O) groups is 2. The molecule has 1 aliphatic heterocycles. The van der Waals surface area contributed by atoms with Crippen LogP contribution in [0.1, 0.15) is 26.2 Å². The van der Waals surface area contributed by atoms with E-state index < -0.39 is 0 Å². The molecule has 2 amide bonds. The lowest BCUT2D eigenvalue weighted by Gasteiger charge is -2.33. The number of carbonyl (C=O) groups excluding carboxylic acids is 2. The molecule has 0 aromatic carbocycles. The van der Waals surface area contributed by atoms with Crippen LogP contribution in [0.2, 0.25) is 0 Å². The average Bonchev–Trinajstić information content (AvgIpc) is 2.80. The summed E-state index contributed by atoms with van der Waals surface area (Å²) in [4.78, 5) is 26.0. The van der Waals surface area contributed by atoms with Gasteiger partial charge in [0, 0.05) is 19.0 Å². The molecular weight excluding hydrogens is 228 g/mol. The first-order chi connectivity index (χ1) is 8.68. The van der Waals surface area contributed by atoms with Crippen molar-refractivity contribution in [2.75, 3.05) is 13.1 Å². The van der Waals surface area contributed by atoms with Crippen molar-refractivity contribution < 1.29 is 9.59 Å². The molecule has 4 fully saturated rings. The number of nitrogens with one attached hydrogen (secondary N) is 1. The van der Waals surface area contributed by atoms with Gasteiger partial charge in [0.25, 0.3) is 0 Å². The second kappa shape index (κ2) is 3.49. The summed E-state index contributed by atoms with van der Waals surface area (Å²) in [6.45, 7) is 3.15. The van der Waals surface area contributed by atoms with Crippen LogP contribution in [-0.4, -0.2) is 35.8 Å². The fourth-order valence-electron chi connectivity index (χ4n) is 4.93. The van der Waals surface area contributed by atoms with Gasteiger partial charge in [0.05, 0.1) is 0 Å². The third-order valence-electron chi connectivity index (χ3n) is 5.80. The fourth-order valence-corrected chi connectivity index (χ4v) is 4.93. The first-order valence-corrected chi connectivity index (χ1v) is 7.26. The molecule has 0 aromatic heterocycles. The highest BCUT2D eigenvalue weighted by molar-refractivity contribution is 5.90. The summed E-state index contributed by atoms with van der Waals surface area (Å²) in [7, 11) is 0. The number of hydrogen-bond donors (Lipinski definition) is 1. The Morgan fingerprint density at radius 2 is 1.94 bits per heavy atom. The molecule has 3 saturated carbocycles. The normalized spacial score (nSPS) is 48.9. The largest absolute Gasteiger partial charge is 0.353 e. The highest BCUT2D eigenvalue weighted by Crippen LogP contribution is 2.69. The minimum Gasteiger partial charge on any atom is -0.353 e. The molecule has 0 radical (unpaired) electrons. The van der Waals surface area contributed by atoms with E-state index in [1.165, 1.54) is 19.3 Å². The average molecular weight is 248 g/mol. The van der Waals surface area contributed by atoms with E-state index in [1.807, 2.05) is 11.8 Å². The lowest BCUT2D eigenvalue weighted by molar-refractivity contribution is -0.144. The van der Waals surface area contributed by atoms with E-state index in [2.05, 4.69) is 5.32 Å². The summed E-state index contributed by atoms with van der Waals surface area (Å²) in [5.74, 6) is 3.53. The number of fused-ring (bicyclic) bond motifs is 5. The van der Waals surface area contributed by atoms with Crippen LogP contribution in [-0.2, 0) is 9.59 Å². The zero-order chi connectivity index (χ0) is 12.4. The van der Waals surface area contributed by atoms with Crippen LogP contribution in [0.4, 0.5) is 0 Å². The van der Waals surface area contributed by atoms with Crippen LogP contribution >= 0.6 is 0 Å². The lowest BCUT2D eigenvalue weighted by atomic mass is 10.0. The molecule has 4 nitrogen and oxygen atoms in total. The van der Waals surface area contributed by atoms with Gasteiger partial charge in [-0.3, -0.25) is 9.59 Å². The van der Waals surface area contributed by atoms with E-state index in [0.717, 1.165) is 11.8 Å². The molecule has 4 rings (SSSR count). The lowest BCUT2D eigenvalue weighted by Crippen LogP contribution is -2.56. The van der Waals surface area contributed by atoms with Gasteiger partial charge in [-0.1, -0.05) is 0 Å². The zero-order valence-electron chi connectivity index (χ0n) is 10.8. The summed E-state index contributed by atoms with van der Waals surface area (Å²) in [5.41, 5.74) is 0. The van der Waals surface area contributed by atoms with Crippen molar-refractivity contribution >= 4 is 11.8 Å². The number of amides is 2. The molecular formula is C14H20N2O2. The van der Waals surface area contributed by atoms with E-state index in [-0.39, 0.29) is 23.8 Å². The van der Waals surface area contributed by atoms with Crippen LogP contribution in [0.3, 0.4) is 0 Å². The summed E-state index contributed by atoms with van der Waals surface area (Å²) >= 11 is 0. The maximum absolute atomic E-state index is 12.6. The van der Waals surface area contributed by atoms with Crippen molar-refractivity contribution in [1.82, 2.24) is 10.2 Å². The predicted octanol–water partition coefficient (Wildman–Crippen LogP) is 0.625. The van der Waals surface area contributed by atoms with Crippen molar-refractivity contribution in [3.8, 4) is 0 Å².